The third-order valence-electron chi connectivity index (χ3n) is 9.82. The van der Waals surface area contributed by atoms with Crippen molar-refractivity contribution in [2.45, 2.75) is 102 Å². The molecule has 0 unspecified atom stereocenters. The molecule has 1 heterocycles. The summed E-state index contributed by atoms with van der Waals surface area (Å²) < 4.78 is 11.8. The van der Waals surface area contributed by atoms with Gasteiger partial charge in [0.2, 0.25) is 23.6 Å². The number of carbonyl (C=O) groups is 5. The van der Waals surface area contributed by atoms with Gasteiger partial charge in [0.25, 0.3) is 0 Å². The number of rotatable bonds is 18. The molecule has 0 aliphatic carbocycles. The molecular formula is C39H57N5O8. The van der Waals surface area contributed by atoms with E-state index in [0.717, 1.165) is 11.1 Å². The fourth-order valence-corrected chi connectivity index (χ4v) is 6.79. The highest BCUT2D eigenvalue weighted by atomic mass is 16.5. The van der Waals surface area contributed by atoms with E-state index in [2.05, 4.69) is 10.6 Å². The molecule has 286 valence electrons. The van der Waals surface area contributed by atoms with E-state index in [1.165, 1.54) is 19.1 Å². The van der Waals surface area contributed by atoms with Gasteiger partial charge in [0, 0.05) is 34.2 Å². The van der Waals surface area contributed by atoms with Crippen LogP contribution >= 0.6 is 0 Å². The minimum Gasteiger partial charge on any atom is -0.480 e. The minimum atomic E-state index is -1.20. The Balaban J connectivity index is 1.83. The summed E-state index contributed by atoms with van der Waals surface area (Å²) in [7, 11) is 4.60. The second-order valence-electron chi connectivity index (χ2n) is 14.6. The lowest BCUT2D eigenvalue weighted by Gasteiger charge is -2.39. The summed E-state index contributed by atoms with van der Waals surface area (Å²) >= 11 is 0. The zero-order valence-electron chi connectivity index (χ0n) is 31.7. The van der Waals surface area contributed by atoms with Crippen molar-refractivity contribution in [3.63, 3.8) is 0 Å². The summed E-state index contributed by atoms with van der Waals surface area (Å²) in [6, 6.07) is 15.1. The molecule has 0 aromatic heterocycles. The number of nitrogens with two attached hydrogens (primary N) is 1. The van der Waals surface area contributed by atoms with Gasteiger partial charge in [-0.1, -0.05) is 81.4 Å². The van der Waals surface area contributed by atoms with E-state index >= 15 is 0 Å². The maximum atomic E-state index is 14.2. The molecule has 2 aromatic carbocycles. The van der Waals surface area contributed by atoms with Gasteiger partial charge in [-0.15, -0.1) is 0 Å². The van der Waals surface area contributed by atoms with E-state index in [1.54, 1.807) is 44.9 Å². The number of nitrogens with zero attached hydrogens (tertiary/aromatic N) is 2. The molecule has 0 bridgehead atoms. The number of benzene rings is 2. The van der Waals surface area contributed by atoms with Crippen LogP contribution in [0.4, 0.5) is 0 Å². The number of carboxylic acids is 1. The Kier molecular flexibility index (Phi) is 15.3. The molecule has 4 amide bonds. The number of carbonyl (C=O) groups excluding carboxylic acids is 4. The van der Waals surface area contributed by atoms with Crippen LogP contribution in [-0.2, 0) is 39.9 Å². The van der Waals surface area contributed by atoms with Crippen LogP contribution in [0.2, 0.25) is 0 Å². The Morgan fingerprint density at radius 3 is 2.08 bits per heavy atom. The summed E-state index contributed by atoms with van der Waals surface area (Å²) in [6.07, 6.45) is -0.200. The molecule has 1 fully saturated rings. The lowest BCUT2D eigenvalue weighted by molar-refractivity contribution is -0.147. The molecular weight excluding hydrogens is 666 g/mol. The van der Waals surface area contributed by atoms with Crippen molar-refractivity contribution >= 4 is 29.6 Å². The van der Waals surface area contributed by atoms with Gasteiger partial charge in [0.1, 0.15) is 12.1 Å². The molecule has 52 heavy (non-hydrogen) atoms. The third kappa shape index (κ3) is 10.8. The number of hydrogen-bond acceptors (Lipinski definition) is 8. The topological polar surface area (TPSA) is 181 Å². The van der Waals surface area contributed by atoms with Crippen molar-refractivity contribution in [3.8, 4) is 0 Å². The molecule has 5 N–H and O–H groups in total. The number of hydrogen-bond donors (Lipinski definition) is 4. The van der Waals surface area contributed by atoms with Crippen LogP contribution in [0.1, 0.15) is 71.0 Å². The van der Waals surface area contributed by atoms with E-state index < -0.39 is 65.6 Å². The van der Waals surface area contributed by atoms with Gasteiger partial charge in [0.05, 0.1) is 42.2 Å². The standard InChI is InChI=1S/C39H57N5O8/c1-24(2)32(42-38(50)39(4,5)40)36(47)43(6)33(27-18-13-10-14-19-27)30(51-7)23-31(45)44-21-15-20-29(44)34(52-8)25(3)35(46)41-28(37(48)49)22-26-16-11-9-12-17-26/h9-14,16-19,24-25,28-30,32-34H,15,20-23,40H2,1-8H3,(H,41,46)(H,42,50)(H,48,49)/t25-,28+,29+,30-,32+,33+,34-/m1/s1. The summed E-state index contributed by atoms with van der Waals surface area (Å²) in [4.78, 5) is 69.9. The molecule has 7 atom stereocenters. The highest BCUT2D eigenvalue weighted by molar-refractivity contribution is 5.92. The highest BCUT2D eigenvalue weighted by Crippen LogP contribution is 2.32. The van der Waals surface area contributed by atoms with Crippen molar-refractivity contribution in [2.24, 2.45) is 17.6 Å². The average Bonchev–Trinajstić information content (AvgIpc) is 3.59. The average molecular weight is 724 g/mol. The number of likely N-dealkylation sites (tertiary alicyclic amines) is 1. The minimum absolute atomic E-state index is 0.0894. The van der Waals surface area contributed by atoms with Crippen LogP contribution < -0.4 is 16.4 Å². The molecule has 13 nitrogen and oxygen atoms in total. The Labute approximate surface area is 307 Å². The van der Waals surface area contributed by atoms with E-state index in [9.17, 15) is 29.1 Å². The quantitative estimate of drug-likeness (QED) is 0.180. The van der Waals surface area contributed by atoms with Crippen LogP contribution in [-0.4, -0.2) is 108 Å². The van der Waals surface area contributed by atoms with Crippen molar-refractivity contribution in [1.29, 1.82) is 0 Å². The molecule has 2 aromatic rings. The van der Waals surface area contributed by atoms with Gasteiger partial charge >= 0.3 is 5.97 Å². The number of methoxy groups -OCH3 is 2. The molecule has 1 saturated heterocycles. The molecule has 1 aliphatic heterocycles. The Bertz CT molecular complexity index is 1500. The molecule has 3 rings (SSSR count). The summed E-state index contributed by atoms with van der Waals surface area (Å²) in [5.74, 6) is -3.74. The van der Waals surface area contributed by atoms with Gasteiger partial charge in [0.15, 0.2) is 0 Å². The Morgan fingerprint density at radius 1 is 0.962 bits per heavy atom. The van der Waals surface area contributed by atoms with Crippen molar-refractivity contribution in [3.05, 3.63) is 71.8 Å². The SMILES string of the molecule is CO[C@H]([C@@H](C)C(=O)N[C@@H](Cc1ccccc1)C(=O)O)[C@@H]1CCCN1C(=O)C[C@@H](OC)[C@H](c1ccccc1)N(C)C(=O)[C@@H](NC(=O)C(C)(C)N)C(C)C. The number of amides is 4. The fourth-order valence-electron chi connectivity index (χ4n) is 6.79. The Morgan fingerprint density at radius 2 is 1.56 bits per heavy atom. The number of ether oxygens (including phenoxy) is 2. The molecule has 1 aliphatic rings. The van der Waals surface area contributed by atoms with Crippen LogP contribution in [0.25, 0.3) is 0 Å². The summed E-state index contributed by atoms with van der Waals surface area (Å²) in [5.41, 5.74) is 6.34. The number of nitrogens with one attached hydrogen (secondary N) is 2. The Hall–Kier alpha value is -4.33. The monoisotopic (exact) mass is 723 g/mol. The van der Waals surface area contributed by atoms with Gasteiger partial charge < -0.3 is 40.7 Å². The lowest BCUT2D eigenvalue weighted by Crippen LogP contribution is -2.58. The van der Waals surface area contributed by atoms with Gasteiger partial charge in [-0.3, -0.25) is 19.2 Å². The highest BCUT2D eigenvalue weighted by Gasteiger charge is 2.43. The molecule has 0 spiro atoms. The molecule has 0 saturated carbocycles. The second kappa shape index (κ2) is 19.0. The van der Waals surface area contributed by atoms with Crippen molar-refractivity contribution < 1.29 is 38.6 Å². The third-order valence-corrected chi connectivity index (χ3v) is 9.82. The summed E-state index contributed by atoms with van der Waals surface area (Å²) in [5, 5.41) is 15.3. The van der Waals surface area contributed by atoms with Crippen LogP contribution in [0.5, 0.6) is 0 Å². The first-order valence-corrected chi connectivity index (χ1v) is 17.8. The van der Waals surface area contributed by atoms with E-state index in [4.69, 9.17) is 15.2 Å². The predicted molar refractivity (Wildman–Crippen MR) is 197 cm³/mol. The first-order chi connectivity index (χ1) is 24.5. The zero-order valence-corrected chi connectivity index (χ0v) is 31.7. The van der Waals surface area contributed by atoms with E-state index in [0.29, 0.717) is 19.4 Å². The van der Waals surface area contributed by atoms with Crippen LogP contribution in [0.3, 0.4) is 0 Å². The van der Waals surface area contributed by atoms with Crippen LogP contribution in [0.15, 0.2) is 60.7 Å². The first-order valence-electron chi connectivity index (χ1n) is 17.8. The zero-order chi connectivity index (χ0) is 38.7. The second-order valence-corrected chi connectivity index (χ2v) is 14.6. The van der Waals surface area contributed by atoms with Crippen LogP contribution in [0, 0.1) is 11.8 Å². The largest absolute Gasteiger partial charge is 0.480 e. The number of carboxylic acid groups (broad SMARTS) is 1. The maximum Gasteiger partial charge on any atom is 0.326 e. The van der Waals surface area contributed by atoms with Gasteiger partial charge in [-0.2, -0.15) is 0 Å². The first kappa shape index (κ1) is 42.1. The summed E-state index contributed by atoms with van der Waals surface area (Å²) in [6.45, 7) is 8.91. The molecule has 0 radical (unpaired) electrons. The number of likely N-dealkylation sites (N-methyl/N-ethyl adjacent to an activating group) is 1. The smallest absolute Gasteiger partial charge is 0.326 e. The van der Waals surface area contributed by atoms with E-state index in [-0.39, 0.29) is 30.6 Å². The lowest BCUT2D eigenvalue weighted by atomic mass is 9.93. The predicted octanol–water partition coefficient (Wildman–Crippen LogP) is 2.92. The van der Waals surface area contributed by atoms with Crippen molar-refractivity contribution in [1.82, 2.24) is 20.4 Å². The molecule has 13 heteroatoms. The van der Waals surface area contributed by atoms with Crippen molar-refractivity contribution in [2.75, 3.05) is 27.8 Å². The maximum absolute atomic E-state index is 14.2. The number of aliphatic carboxylic acids is 1. The van der Waals surface area contributed by atoms with Gasteiger partial charge in [-0.25, -0.2) is 4.79 Å². The normalized spacial score (nSPS) is 18.1. The fraction of sp³-hybridized carbons (Fsp3) is 0.564. The van der Waals surface area contributed by atoms with Gasteiger partial charge in [-0.05, 0) is 43.7 Å². The van der Waals surface area contributed by atoms with E-state index in [1.807, 2.05) is 62.4 Å².